The third kappa shape index (κ3) is 6.38. The molecule has 1 atom stereocenters. The van der Waals surface area contributed by atoms with Gasteiger partial charge in [-0.15, -0.1) is 0 Å². The Kier molecular flexibility index (Phi) is 8.76. The van der Waals surface area contributed by atoms with Crippen molar-refractivity contribution in [2.24, 2.45) is 5.73 Å². The predicted molar refractivity (Wildman–Crippen MR) is 162 cm³/mol. The highest BCUT2D eigenvalue weighted by Crippen LogP contribution is 2.40. The molecule has 5 rings (SSSR count). The molecule has 1 heterocycles. The maximum Gasteiger partial charge on any atom is 0.337 e. The van der Waals surface area contributed by atoms with Gasteiger partial charge in [-0.25, -0.2) is 4.79 Å². The number of amides is 2. The second kappa shape index (κ2) is 12.8. The minimum atomic E-state index is -1.01. The Balaban J connectivity index is 1.54. The van der Waals surface area contributed by atoms with Crippen molar-refractivity contribution in [3.8, 4) is 11.5 Å². The highest BCUT2D eigenvalue weighted by molar-refractivity contribution is 6.01. The van der Waals surface area contributed by atoms with Crippen LogP contribution in [0.3, 0.4) is 0 Å². The van der Waals surface area contributed by atoms with E-state index in [-0.39, 0.29) is 19.1 Å². The van der Waals surface area contributed by atoms with Gasteiger partial charge in [0.05, 0.1) is 18.2 Å². The summed E-state index contributed by atoms with van der Waals surface area (Å²) in [4.78, 5) is 40.6. The second-order valence-electron chi connectivity index (χ2n) is 10.7. The van der Waals surface area contributed by atoms with Gasteiger partial charge in [0, 0.05) is 12.6 Å². The van der Waals surface area contributed by atoms with Gasteiger partial charge < -0.3 is 24.8 Å². The number of nitrogens with two attached hydrogens (primary N) is 1. The summed E-state index contributed by atoms with van der Waals surface area (Å²) < 4.78 is 17.4. The van der Waals surface area contributed by atoms with Gasteiger partial charge >= 0.3 is 5.97 Å². The molecule has 0 saturated heterocycles. The normalized spacial score (nSPS) is 13.9. The quantitative estimate of drug-likeness (QED) is 0.234. The maximum absolute atomic E-state index is 14.3. The number of hydrogen-bond donors (Lipinski definition) is 1. The monoisotopic (exact) mass is 578 g/mol. The molecule has 0 aliphatic carbocycles. The lowest BCUT2D eigenvalue weighted by molar-refractivity contribution is -0.122. The van der Waals surface area contributed by atoms with Gasteiger partial charge in [0.25, 0.3) is 5.91 Å². The Hall–Kier alpha value is -5.11. The van der Waals surface area contributed by atoms with E-state index >= 15 is 0 Å². The number of nitrogens with zero attached hydrogens (tertiary/aromatic N) is 1. The van der Waals surface area contributed by atoms with Crippen molar-refractivity contribution in [3.63, 3.8) is 0 Å². The van der Waals surface area contributed by atoms with Gasteiger partial charge in [0.2, 0.25) is 5.91 Å². The first-order valence-electron chi connectivity index (χ1n) is 14.1. The van der Waals surface area contributed by atoms with Crippen molar-refractivity contribution in [2.75, 3.05) is 7.11 Å². The maximum atomic E-state index is 14.3. The summed E-state index contributed by atoms with van der Waals surface area (Å²) in [5.74, 6) is -0.637. The molecule has 4 aromatic carbocycles. The SMILES string of the molecule is COC(=O)c1ccc2c(c1)CN(C(=O)c1cc(C(C)C)c(OCc3ccccc3)cc1OCc1ccccc1)C2C(N)=O. The molecule has 0 radical (unpaired) electrons. The molecule has 0 aromatic heterocycles. The van der Waals surface area contributed by atoms with E-state index in [4.69, 9.17) is 19.9 Å². The Morgan fingerprint density at radius 3 is 2.00 bits per heavy atom. The van der Waals surface area contributed by atoms with Crippen molar-refractivity contribution in [3.05, 3.63) is 130 Å². The van der Waals surface area contributed by atoms with Crippen LogP contribution in [0.4, 0.5) is 0 Å². The predicted octanol–water partition coefficient (Wildman–Crippen LogP) is 5.94. The molecule has 0 fully saturated rings. The zero-order valence-electron chi connectivity index (χ0n) is 24.4. The van der Waals surface area contributed by atoms with E-state index in [1.54, 1.807) is 30.3 Å². The molecule has 1 aliphatic rings. The third-order valence-electron chi connectivity index (χ3n) is 7.48. The van der Waals surface area contributed by atoms with Crippen molar-refractivity contribution in [2.45, 2.75) is 45.6 Å². The molecule has 0 saturated carbocycles. The number of rotatable bonds is 10. The van der Waals surface area contributed by atoms with Gasteiger partial charge in [-0.05, 0) is 51.9 Å². The third-order valence-corrected chi connectivity index (χ3v) is 7.48. The van der Waals surface area contributed by atoms with Crippen LogP contribution < -0.4 is 15.2 Å². The smallest absolute Gasteiger partial charge is 0.337 e. The summed E-state index contributed by atoms with van der Waals surface area (Å²) in [6.45, 7) is 4.71. The fraction of sp³-hybridized carbons (Fsp3) is 0.229. The summed E-state index contributed by atoms with van der Waals surface area (Å²) in [5.41, 5.74) is 10.4. The molecule has 220 valence electrons. The summed E-state index contributed by atoms with van der Waals surface area (Å²) in [7, 11) is 1.30. The van der Waals surface area contributed by atoms with Crippen LogP contribution in [0.2, 0.25) is 0 Å². The van der Waals surface area contributed by atoms with Crippen LogP contribution in [0.25, 0.3) is 0 Å². The Morgan fingerprint density at radius 1 is 0.837 bits per heavy atom. The van der Waals surface area contributed by atoms with Crippen molar-refractivity contribution < 1.29 is 28.6 Å². The zero-order valence-corrected chi connectivity index (χ0v) is 24.4. The molecular formula is C35H34N2O6. The summed E-state index contributed by atoms with van der Waals surface area (Å²) in [5, 5.41) is 0. The molecule has 8 heteroatoms. The summed E-state index contributed by atoms with van der Waals surface area (Å²) in [6, 6.07) is 26.9. The zero-order chi connectivity index (χ0) is 30.5. The van der Waals surface area contributed by atoms with E-state index < -0.39 is 23.8 Å². The van der Waals surface area contributed by atoms with Crippen LogP contribution in [0.15, 0.2) is 91.0 Å². The molecule has 43 heavy (non-hydrogen) atoms. The highest BCUT2D eigenvalue weighted by Gasteiger charge is 2.39. The van der Waals surface area contributed by atoms with Crippen LogP contribution in [-0.4, -0.2) is 29.8 Å². The van der Waals surface area contributed by atoms with E-state index in [9.17, 15) is 14.4 Å². The van der Waals surface area contributed by atoms with Gasteiger partial charge in [0.15, 0.2) is 0 Å². The van der Waals surface area contributed by atoms with E-state index in [0.29, 0.717) is 40.4 Å². The van der Waals surface area contributed by atoms with E-state index in [0.717, 1.165) is 16.7 Å². The number of hydrogen-bond acceptors (Lipinski definition) is 6. The topological polar surface area (TPSA) is 108 Å². The Bertz CT molecular complexity index is 1640. The van der Waals surface area contributed by atoms with Crippen LogP contribution in [-0.2, 0) is 29.3 Å². The molecule has 0 bridgehead atoms. The highest BCUT2D eigenvalue weighted by atomic mass is 16.5. The number of primary amides is 1. The molecule has 8 nitrogen and oxygen atoms in total. The van der Waals surface area contributed by atoms with E-state index in [1.807, 2.05) is 74.5 Å². The molecule has 1 aliphatic heterocycles. The minimum Gasteiger partial charge on any atom is -0.488 e. The van der Waals surface area contributed by atoms with Crippen molar-refractivity contribution in [1.82, 2.24) is 4.90 Å². The first-order valence-corrected chi connectivity index (χ1v) is 14.1. The number of methoxy groups -OCH3 is 1. The van der Waals surface area contributed by atoms with Crippen molar-refractivity contribution in [1.29, 1.82) is 0 Å². The number of fused-ring (bicyclic) bond motifs is 1. The fourth-order valence-corrected chi connectivity index (χ4v) is 5.26. The van der Waals surface area contributed by atoms with Crippen LogP contribution in [0, 0.1) is 0 Å². The number of carbonyl (C=O) groups excluding carboxylic acids is 3. The molecule has 1 unspecified atom stereocenters. The number of carbonyl (C=O) groups is 3. The Morgan fingerprint density at radius 2 is 1.44 bits per heavy atom. The van der Waals surface area contributed by atoms with Crippen LogP contribution in [0.5, 0.6) is 11.5 Å². The summed E-state index contributed by atoms with van der Waals surface area (Å²) >= 11 is 0. The first-order chi connectivity index (χ1) is 20.8. The standard InChI is InChI=1S/C35H34N2O6/c1-22(2)28-17-29(34(39)37-19-26-16-25(35(40)41-3)14-15-27(26)32(37)33(36)38)31(43-21-24-12-8-5-9-13-24)18-30(28)42-20-23-10-6-4-7-11-23/h4-18,22,32H,19-21H2,1-3H3,(H2,36,38). The second-order valence-corrected chi connectivity index (χ2v) is 10.7. The number of ether oxygens (including phenoxy) is 3. The lowest BCUT2D eigenvalue weighted by atomic mass is 9.97. The molecule has 4 aromatic rings. The number of benzene rings is 4. The van der Waals surface area contributed by atoms with Crippen molar-refractivity contribution >= 4 is 17.8 Å². The average Bonchev–Trinajstić information content (AvgIpc) is 3.42. The van der Waals surface area contributed by atoms with Gasteiger partial charge in [0.1, 0.15) is 30.8 Å². The lowest BCUT2D eigenvalue weighted by Crippen LogP contribution is -2.37. The number of esters is 1. The van der Waals surface area contributed by atoms with Gasteiger partial charge in [-0.2, -0.15) is 0 Å². The summed E-state index contributed by atoms with van der Waals surface area (Å²) in [6.07, 6.45) is 0. The molecule has 2 N–H and O–H groups in total. The van der Waals surface area contributed by atoms with Gasteiger partial charge in [-0.3, -0.25) is 9.59 Å². The van der Waals surface area contributed by atoms with Gasteiger partial charge in [-0.1, -0.05) is 80.6 Å². The van der Waals surface area contributed by atoms with Crippen LogP contribution in [0.1, 0.15) is 74.3 Å². The van der Waals surface area contributed by atoms with E-state index in [1.165, 1.54) is 12.0 Å². The average molecular weight is 579 g/mol. The van der Waals surface area contributed by atoms with E-state index in [2.05, 4.69) is 0 Å². The first kappa shape index (κ1) is 29.4. The lowest BCUT2D eigenvalue weighted by Gasteiger charge is -2.25. The minimum absolute atomic E-state index is 0.0193. The fourth-order valence-electron chi connectivity index (χ4n) is 5.26. The largest absolute Gasteiger partial charge is 0.488 e. The Labute approximate surface area is 251 Å². The molecule has 2 amide bonds. The molecular weight excluding hydrogens is 544 g/mol. The molecule has 0 spiro atoms. The van der Waals surface area contributed by atoms with Crippen LogP contribution >= 0.6 is 0 Å².